The summed E-state index contributed by atoms with van der Waals surface area (Å²) in [4.78, 5) is 33.8. The summed E-state index contributed by atoms with van der Waals surface area (Å²) >= 11 is 0. The van der Waals surface area contributed by atoms with Crippen LogP contribution in [-0.4, -0.2) is 35.7 Å². The van der Waals surface area contributed by atoms with Gasteiger partial charge in [-0.2, -0.15) is 0 Å². The topological polar surface area (TPSA) is 121 Å². The highest BCUT2D eigenvalue weighted by atomic mass is 16.2. The van der Waals surface area contributed by atoms with Crippen molar-refractivity contribution in [2.24, 2.45) is 10.8 Å². The lowest BCUT2D eigenvalue weighted by atomic mass is 10.1. The Balaban J connectivity index is 1.70. The molecule has 8 nitrogen and oxygen atoms in total. The fraction of sp³-hybridized carbons (Fsp3) is 0.182. The maximum atomic E-state index is 12.9. The molecule has 0 radical (unpaired) electrons. The number of fused-ring (bicyclic) bond motifs is 1. The monoisotopic (exact) mass is 404 g/mol. The Hall–Kier alpha value is -3.78. The van der Waals surface area contributed by atoms with Crippen LogP contribution < -0.4 is 21.9 Å². The molecule has 2 amide bonds. The van der Waals surface area contributed by atoms with E-state index in [0.717, 1.165) is 10.9 Å². The van der Waals surface area contributed by atoms with Gasteiger partial charge in [-0.15, -0.1) is 0 Å². The molecule has 30 heavy (non-hydrogen) atoms. The second kappa shape index (κ2) is 10.7. The summed E-state index contributed by atoms with van der Waals surface area (Å²) in [5, 5.41) is 6.64. The molecule has 1 heterocycles. The van der Waals surface area contributed by atoms with Gasteiger partial charge in [0.2, 0.25) is 5.91 Å². The lowest BCUT2D eigenvalue weighted by Gasteiger charge is -2.18. The van der Waals surface area contributed by atoms with Crippen LogP contribution in [0.3, 0.4) is 0 Å². The molecular weight excluding hydrogens is 380 g/mol. The number of hydrazine groups is 1. The third kappa shape index (κ3) is 5.86. The van der Waals surface area contributed by atoms with Crippen LogP contribution >= 0.6 is 0 Å². The molecule has 154 valence electrons. The molecule has 0 bridgehead atoms. The molecule has 0 saturated carbocycles. The van der Waals surface area contributed by atoms with E-state index in [1.807, 2.05) is 30.3 Å². The van der Waals surface area contributed by atoms with Crippen molar-refractivity contribution in [2.45, 2.75) is 18.9 Å². The summed E-state index contributed by atoms with van der Waals surface area (Å²) in [5.74, 6) is 4.56. The average molecular weight is 404 g/mol. The van der Waals surface area contributed by atoms with Gasteiger partial charge in [-0.25, -0.2) is 5.84 Å². The van der Waals surface area contributed by atoms with Crippen molar-refractivity contribution in [3.05, 3.63) is 72.4 Å². The van der Waals surface area contributed by atoms with Crippen LogP contribution in [0.15, 0.2) is 71.9 Å². The SMILES string of the molecule is NNC=NCCCC(NC(=O)c1ccccc1)C(=O)Nc1ccc2ncccc2c1. The summed E-state index contributed by atoms with van der Waals surface area (Å²) in [6.45, 7) is 0.483. The smallest absolute Gasteiger partial charge is 0.251 e. The quantitative estimate of drug-likeness (QED) is 0.143. The van der Waals surface area contributed by atoms with Crippen LogP contribution in [0.25, 0.3) is 10.9 Å². The van der Waals surface area contributed by atoms with Crippen molar-refractivity contribution in [1.29, 1.82) is 0 Å². The maximum absolute atomic E-state index is 12.9. The zero-order valence-corrected chi connectivity index (χ0v) is 16.4. The summed E-state index contributed by atoms with van der Waals surface area (Å²) in [6.07, 6.45) is 4.15. The molecule has 1 atom stereocenters. The Morgan fingerprint density at radius 1 is 1.10 bits per heavy atom. The zero-order valence-electron chi connectivity index (χ0n) is 16.4. The fourth-order valence-electron chi connectivity index (χ4n) is 2.99. The van der Waals surface area contributed by atoms with Crippen molar-refractivity contribution in [3.63, 3.8) is 0 Å². The van der Waals surface area contributed by atoms with Gasteiger partial charge in [-0.3, -0.25) is 19.6 Å². The van der Waals surface area contributed by atoms with E-state index in [0.29, 0.717) is 30.6 Å². The summed E-state index contributed by atoms with van der Waals surface area (Å²) in [5.41, 5.74) is 4.32. The van der Waals surface area contributed by atoms with Crippen LogP contribution in [0.4, 0.5) is 5.69 Å². The number of carbonyl (C=O) groups excluding carboxylic acids is 2. The van der Waals surface area contributed by atoms with Crippen molar-refractivity contribution >= 4 is 34.7 Å². The third-order valence-corrected chi connectivity index (χ3v) is 4.47. The minimum atomic E-state index is -0.705. The third-order valence-electron chi connectivity index (χ3n) is 4.47. The van der Waals surface area contributed by atoms with Gasteiger partial charge in [0.25, 0.3) is 5.91 Å². The highest BCUT2D eigenvalue weighted by molar-refractivity contribution is 6.01. The van der Waals surface area contributed by atoms with E-state index in [9.17, 15) is 9.59 Å². The van der Waals surface area contributed by atoms with Crippen molar-refractivity contribution in [1.82, 2.24) is 15.7 Å². The van der Waals surface area contributed by atoms with Crippen LogP contribution in [0.2, 0.25) is 0 Å². The van der Waals surface area contributed by atoms with Crippen LogP contribution in [-0.2, 0) is 4.79 Å². The minimum Gasteiger partial charge on any atom is -0.340 e. The molecule has 1 unspecified atom stereocenters. The number of nitrogens with one attached hydrogen (secondary N) is 3. The van der Waals surface area contributed by atoms with Gasteiger partial charge < -0.3 is 16.1 Å². The number of nitrogens with zero attached hydrogens (tertiary/aromatic N) is 2. The summed E-state index contributed by atoms with van der Waals surface area (Å²) in [6, 6.07) is 17.4. The Morgan fingerprint density at radius 3 is 2.73 bits per heavy atom. The molecule has 8 heteroatoms. The predicted octanol–water partition coefficient (Wildman–Crippen LogP) is 2.24. The average Bonchev–Trinajstić information content (AvgIpc) is 2.78. The van der Waals surface area contributed by atoms with E-state index in [1.165, 1.54) is 6.34 Å². The van der Waals surface area contributed by atoms with Crippen LogP contribution in [0.5, 0.6) is 0 Å². The highest BCUT2D eigenvalue weighted by Gasteiger charge is 2.21. The number of amides is 2. The molecule has 0 saturated heterocycles. The number of pyridine rings is 1. The lowest BCUT2D eigenvalue weighted by molar-refractivity contribution is -0.118. The van der Waals surface area contributed by atoms with E-state index in [4.69, 9.17) is 5.84 Å². The first-order valence-electron chi connectivity index (χ1n) is 9.63. The Kier molecular flexibility index (Phi) is 7.45. The molecule has 5 N–H and O–H groups in total. The Bertz CT molecular complexity index is 1020. The minimum absolute atomic E-state index is 0.288. The second-order valence-electron chi connectivity index (χ2n) is 6.64. The number of aliphatic imine (C=N–C) groups is 1. The van der Waals surface area contributed by atoms with E-state index < -0.39 is 6.04 Å². The van der Waals surface area contributed by atoms with Crippen LogP contribution in [0.1, 0.15) is 23.2 Å². The lowest BCUT2D eigenvalue weighted by Crippen LogP contribution is -2.43. The van der Waals surface area contributed by atoms with E-state index in [-0.39, 0.29) is 11.8 Å². The number of carbonyl (C=O) groups is 2. The number of nitrogens with two attached hydrogens (primary N) is 1. The van der Waals surface area contributed by atoms with Gasteiger partial charge in [0.1, 0.15) is 6.04 Å². The molecule has 3 aromatic rings. The summed E-state index contributed by atoms with van der Waals surface area (Å²) < 4.78 is 0. The summed E-state index contributed by atoms with van der Waals surface area (Å²) in [7, 11) is 0. The van der Waals surface area contributed by atoms with Gasteiger partial charge in [0.15, 0.2) is 0 Å². The zero-order chi connectivity index (χ0) is 21.2. The van der Waals surface area contributed by atoms with E-state index in [2.05, 4.69) is 26.0 Å². The molecular formula is C22H24N6O2. The number of hydrogen-bond donors (Lipinski definition) is 4. The fourth-order valence-corrected chi connectivity index (χ4v) is 2.99. The number of aromatic nitrogens is 1. The number of rotatable bonds is 9. The van der Waals surface area contributed by atoms with Gasteiger partial charge in [-0.1, -0.05) is 24.3 Å². The maximum Gasteiger partial charge on any atom is 0.251 e. The van der Waals surface area contributed by atoms with Gasteiger partial charge in [-0.05, 0) is 49.2 Å². The number of hydrogen-bond acceptors (Lipinski definition) is 5. The predicted molar refractivity (Wildman–Crippen MR) is 118 cm³/mol. The molecule has 0 spiro atoms. The van der Waals surface area contributed by atoms with Gasteiger partial charge in [0, 0.05) is 29.4 Å². The Labute approximate surface area is 174 Å². The largest absolute Gasteiger partial charge is 0.340 e. The first kappa shape index (κ1) is 20.9. The first-order valence-corrected chi connectivity index (χ1v) is 9.63. The molecule has 0 aliphatic rings. The van der Waals surface area contributed by atoms with Gasteiger partial charge in [0.05, 0.1) is 11.9 Å². The highest BCUT2D eigenvalue weighted by Crippen LogP contribution is 2.17. The molecule has 1 aromatic heterocycles. The van der Waals surface area contributed by atoms with Crippen molar-refractivity contribution in [3.8, 4) is 0 Å². The van der Waals surface area contributed by atoms with Crippen molar-refractivity contribution in [2.75, 3.05) is 11.9 Å². The van der Waals surface area contributed by atoms with Gasteiger partial charge >= 0.3 is 0 Å². The standard InChI is InChI=1S/C22H24N6O2/c23-26-15-24-12-5-9-20(28-21(29)16-6-2-1-3-7-16)22(30)27-18-10-11-19-17(14-18)8-4-13-25-19/h1-4,6-8,10-11,13-15,20H,5,9,12,23H2,(H,24,26)(H,27,30)(H,28,29). The molecule has 0 fully saturated rings. The van der Waals surface area contributed by atoms with E-state index in [1.54, 1.807) is 36.5 Å². The number of anilines is 1. The molecule has 0 aliphatic heterocycles. The van der Waals surface area contributed by atoms with E-state index >= 15 is 0 Å². The molecule has 0 aliphatic carbocycles. The van der Waals surface area contributed by atoms with Crippen molar-refractivity contribution < 1.29 is 9.59 Å². The number of benzene rings is 2. The first-order chi connectivity index (χ1) is 14.7. The second-order valence-corrected chi connectivity index (χ2v) is 6.64. The van der Waals surface area contributed by atoms with Crippen LogP contribution in [0, 0.1) is 0 Å². The molecule has 3 rings (SSSR count). The molecule has 2 aromatic carbocycles. The normalized spacial score (nSPS) is 11.9. The Morgan fingerprint density at radius 2 is 1.93 bits per heavy atom.